The Bertz CT molecular complexity index is 1700. The average Bonchev–Trinajstić information content (AvgIpc) is 3.35. The minimum atomic E-state index is -0.0659. The molecule has 1 aliphatic carbocycles. The standard InChI is InChI=1S/C33H25N/c1-33(2)28-21-18-24-12-6-7-13-26(24)30(28)32-31(33)27-14-8-9-15-29(27)34(32)25-19-16-23(17-20-25)22-10-4-3-5-11-22/h3-21H,1-2H3. The fourth-order valence-electron chi connectivity index (χ4n) is 5.99. The summed E-state index contributed by atoms with van der Waals surface area (Å²) in [7, 11) is 0. The van der Waals surface area contributed by atoms with Gasteiger partial charge in [-0.3, -0.25) is 0 Å². The van der Waals surface area contributed by atoms with Crippen LogP contribution in [0.4, 0.5) is 0 Å². The van der Waals surface area contributed by atoms with E-state index in [0.717, 1.165) is 0 Å². The predicted octanol–water partition coefficient (Wildman–Crippen LogP) is 8.76. The van der Waals surface area contributed by atoms with Crippen LogP contribution < -0.4 is 0 Å². The zero-order valence-corrected chi connectivity index (χ0v) is 19.4. The summed E-state index contributed by atoms with van der Waals surface area (Å²) in [5.41, 5.74) is 10.5. The molecule has 162 valence electrons. The van der Waals surface area contributed by atoms with Crippen LogP contribution in [-0.4, -0.2) is 4.57 Å². The van der Waals surface area contributed by atoms with E-state index >= 15 is 0 Å². The van der Waals surface area contributed by atoms with Crippen LogP contribution in [0.5, 0.6) is 0 Å². The number of nitrogens with zero attached hydrogens (tertiary/aromatic N) is 1. The molecule has 34 heavy (non-hydrogen) atoms. The molecule has 1 nitrogen and oxygen atoms in total. The van der Waals surface area contributed by atoms with Gasteiger partial charge in [-0.15, -0.1) is 0 Å². The Hall–Kier alpha value is -4.10. The molecule has 1 heterocycles. The molecule has 0 saturated heterocycles. The average molecular weight is 436 g/mol. The Morgan fingerprint density at radius 1 is 0.559 bits per heavy atom. The summed E-state index contributed by atoms with van der Waals surface area (Å²) in [6.45, 7) is 4.75. The molecule has 1 heteroatoms. The van der Waals surface area contributed by atoms with Crippen LogP contribution in [0.15, 0.2) is 115 Å². The van der Waals surface area contributed by atoms with Crippen molar-refractivity contribution in [1.82, 2.24) is 4.57 Å². The van der Waals surface area contributed by atoms with Crippen LogP contribution >= 0.6 is 0 Å². The molecule has 0 radical (unpaired) electrons. The van der Waals surface area contributed by atoms with Crippen molar-refractivity contribution in [2.45, 2.75) is 19.3 Å². The lowest BCUT2D eigenvalue weighted by Gasteiger charge is -2.21. The second kappa shape index (κ2) is 6.95. The molecule has 1 aliphatic rings. The predicted molar refractivity (Wildman–Crippen MR) is 144 cm³/mol. The largest absolute Gasteiger partial charge is 0.309 e. The van der Waals surface area contributed by atoms with E-state index in [9.17, 15) is 0 Å². The van der Waals surface area contributed by atoms with Crippen molar-refractivity contribution in [2.24, 2.45) is 0 Å². The van der Waals surface area contributed by atoms with Crippen molar-refractivity contribution in [1.29, 1.82) is 0 Å². The quantitative estimate of drug-likeness (QED) is 0.256. The van der Waals surface area contributed by atoms with Gasteiger partial charge in [0.25, 0.3) is 0 Å². The van der Waals surface area contributed by atoms with E-state index < -0.39 is 0 Å². The van der Waals surface area contributed by atoms with Crippen molar-refractivity contribution in [3.63, 3.8) is 0 Å². The molecule has 0 fully saturated rings. The van der Waals surface area contributed by atoms with Gasteiger partial charge in [-0.1, -0.05) is 111 Å². The van der Waals surface area contributed by atoms with Gasteiger partial charge < -0.3 is 4.57 Å². The van der Waals surface area contributed by atoms with Crippen LogP contribution in [0.2, 0.25) is 0 Å². The molecule has 0 aliphatic heterocycles. The van der Waals surface area contributed by atoms with Crippen molar-refractivity contribution < 1.29 is 0 Å². The SMILES string of the molecule is CC1(C)c2ccc3ccccc3c2-c2c1c1ccccc1n2-c1ccc(-c2ccccc2)cc1. The van der Waals surface area contributed by atoms with Gasteiger partial charge in [-0.05, 0) is 51.2 Å². The minimum absolute atomic E-state index is 0.0659. The van der Waals surface area contributed by atoms with Gasteiger partial charge in [-0.25, -0.2) is 0 Å². The van der Waals surface area contributed by atoms with E-state index in [2.05, 4.69) is 134 Å². The van der Waals surface area contributed by atoms with Crippen LogP contribution in [-0.2, 0) is 5.41 Å². The Morgan fingerprint density at radius 2 is 1.21 bits per heavy atom. The second-order valence-electron chi connectivity index (χ2n) is 9.82. The number of hydrogen-bond donors (Lipinski definition) is 0. The van der Waals surface area contributed by atoms with E-state index in [1.54, 1.807) is 0 Å². The summed E-state index contributed by atoms with van der Waals surface area (Å²) in [6.07, 6.45) is 0. The van der Waals surface area contributed by atoms with Crippen molar-refractivity contribution >= 4 is 21.7 Å². The summed E-state index contributed by atoms with van der Waals surface area (Å²) >= 11 is 0. The van der Waals surface area contributed by atoms with Gasteiger partial charge in [0.15, 0.2) is 0 Å². The monoisotopic (exact) mass is 435 g/mol. The third-order valence-corrected chi connectivity index (χ3v) is 7.57. The summed E-state index contributed by atoms with van der Waals surface area (Å²) in [6, 6.07) is 41.9. The molecule has 0 bridgehead atoms. The summed E-state index contributed by atoms with van der Waals surface area (Å²) < 4.78 is 2.49. The molecule has 0 N–H and O–H groups in total. The van der Waals surface area contributed by atoms with Crippen molar-refractivity contribution in [3.05, 3.63) is 126 Å². The van der Waals surface area contributed by atoms with Crippen molar-refractivity contribution in [3.8, 4) is 28.1 Å². The maximum Gasteiger partial charge on any atom is 0.0591 e. The van der Waals surface area contributed by atoms with Crippen LogP contribution in [0.1, 0.15) is 25.0 Å². The van der Waals surface area contributed by atoms with E-state index in [1.165, 1.54) is 60.9 Å². The molecule has 5 aromatic carbocycles. The lowest BCUT2D eigenvalue weighted by molar-refractivity contribution is 0.667. The summed E-state index contributed by atoms with van der Waals surface area (Å²) in [4.78, 5) is 0. The molecule has 0 atom stereocenters. The third-order valence-electron chi connectivity index (χ3n) is 7.57. The number of benzene rings is 5. The van der Waals surface area contributed by atoms with Gasteiger partial charge in [0, 0.05) is 22.1 Å². The zero-order chi connectivity index (χ0) is 22.9. The van der Waals surface area contributed by atoms with Gasteiger partial charge in [-0.2, -0.15) is 0 Å². The lowest BCUT2D eigenvalue weighted by atomic mass is 9.81. The highest BCUT2D eigenvalue weighted by molar-refractivity contribution is 6.07. The molecule has 6 aromatic rings. The Balaban J connectivity index is 1.56. The Morgan fingerprint density at radius 3 is 2.00 bits per heavy atom. The lowest BCUT2D eigenvalue weighted by Crippen LogP contribution is -2.14. The smallest absolute Gasteiger partial charge is 0.0591 e. The Kier molecular flexibility index (Phi) is 3.96. The summed E-state index contributed by atoms with van der Waals surface area (Å²) in [5, 5.41) is 3.97. The fraction of sp³-hybridized carbons (Fsp3) is 0.0909. The van der Waals surface area contributed by atoms with Crippen LogP contribution in [0.25, 0.3) is 49.7 Å². The highest BCUT2D eigenvalue weighted by Crippen LogP contribution is 2.55. The number of para-hydroxylation sites is 1. The van der Waals surface area contributed by atoms with Crippen LogP contribution in [0, 0.1) is 0 Å². The Labute approximate surface area is 199 Å². The van der Waals surface area contributed by atoms with E-state index in [4.69, 9.17) is 0 Å². The van der Waals surface area contributed by atoms with Gasteiger partial charge in [0.2, 0.25) is 0 Å². The molecule has 0 saturated carbocycles. The zero-order valence-electron chi connectivity index (χ0n) is 19.4. The first kappa shape index (κ1) is 19.4. The molecule has 0 spiro atoms. The first-order valence-electron chi connectivity index (χ1n) is 12.0. The number of hydrogen-bond acceptors (Lipinski definition) is 0. The normalized spacial score (nSPS) is 13.8. The molecule has 0 amide bonds. The van der Waals surface area contributed by atoms with Gasteiger partial charge in [0.05, 0.1) is 11.2 Å². The first-order chi connectivity index (χ1) is 16.6. The molecule has 1 aromatic heterocycles. The molecular formula is C33H25N. The minimum Gasteiger partial charge on any atom is -0.309 e. The third kappa shape index (κ3) is 2.55. The van der Waals surface area contributed by atoms with Crippen molar-refractivity contribution in [2.75, 3.05) is 0 Å². The molecule has 0 unspecified atom stereocenters. The van der Waals surface area contributed by atoms with E-state index in [-0.39, 0.29) is 5.41 Å². The highest BCUT2D eigenvalue weighted by Gasteiger charge is 2.41. The second-order valence-corrected chi connectivity index (χ2v) is 9.82. The van der Waals surface area contributed by atoms with E-state index in [1.807, 2.05) is 0 Å². The molecule has 7 rings (SSSR count). The number of aromatic nitrogens is 1. The number of fused-ring (bicyclic) bond motifs is 7. The van der Waals surface area contributed by atoms with Gasteiger partial charge >= 0.3 is 0 Å². The maximum absolute atomic E-state index is 2.49. The first-order valence-corrected chi connectivity index (χ1v) is 12.0. The van der Waals surface area contributed by atoms with E-state index in [0.29, 0.717) is 0 Å². The highest BCUT2D eigenvalue weighted by atomic mass is 15.0. The summed E-state index contributed by atoms with van der Waals surface area (Å²) in [5.74, 6) is 0. The van der Waals surface area contributed by atoms with Crippen LogP contribution in [0.3, 0.4) is 0 Å². The topological polar surface area (TPSA) is 4.93 Å². The fourth-order valence-corrected chi connectivity index (χ4v) is 5.99. The number of rotatable bonds is 2. The molecular weight excluding hydrogens is 410 g/mol. The van der Waals surface area contributed by atoms with Gasteiger partial charge in [0.1, 0.15) is 0 Å². The maximum atomic E-state index is 2.49.